The number of ether oxygens (including phenoxy) is 4. The van der Waals surface area contributed by atoms with Crippen LogP contribution in [0.3, 0.4) is 0 Å². The van der Waals surface area contributed by atoms with Crippen LogP contribution < -0.4 is 18.9 Å². The van der Waals surface area contributed by atoms with Crippen LogP contribution in [0.4, 0.5) is 0 Å². The number of unbranched alkanes of at least 4 members (excludes halogenated alkanes) is 1. The lowest BCUT2D eigenvalue weighted by molar-refractivity contribution is 0.355. The van der Waals surface area contributed by atoms with Gasteiger partial charge in [-0.05, 0) is 76.7 Å². The van der Waals surface area contributed by atoms with Crippen molar-refractivity contribution < 1.29 is 18.9 Å². The molecule has 0 N–H and O–H groups in total. The quantitative estimate of drug-likeness (QED) is 0.341. The molecule has 0 aromatic heterocycles. The van der Waals surface area contributed by atoms with E-state index in [1.54, 1.807) is 28.4 Å². The monoisotopic (exact) mass is 420 g/mol. The molecule has 164 valence electrons. The second kappa shape index (κ2) is 9.78. The van der Waals surface area contributed by atoms with Gasteiger partial charge >= 0.3 is 0 Å². The number of rotatable bonds is 9. The van der Waals surface area contributed by atoms with E-state index in [0.717, 1.165) is 39.1 Å². The molecule has 3 rings (SSSR count). The van der Waals surface area contributed by atoms with Crippen LogP contribution in [0.25, 0.3) is 33.7 Å². The molecule has 0 aliphatic carbocycles. The molecule has 0 radical (unpaired) electrons. The van der Waals surface area contributed by atoms with E-state index in [9.17, 15) is 0 Å². The lowest BCUT2D eigenvalue weighted by atomic mass is 9.89. The third kappa shape index (κ3) is 4.20. The van der Waals surface area contributed by atoms with Crippen LogP contribution in [-0.2, 0) is 0 Å². The average Bonchev–Trinajstić information content (AvgIpc) is 2.80. The molecule has 0 amide bonds. The number of hydrogen-bond donors (Lipinski definition) is 0. The third-order valence-electron chi connectivity index (χ3n) is 5.73. The first-order chi connectivity index (χ1) is 15.0. The summed E-state index contributed by atoms with van der Waals surface area (Å²) >= 11 is 0. The minimum absolute atomic E-state index is 0.684. The van der Waals surface area contributed by atoms with Gasteiger partial charge in [-0.15, -0.1) is 0 Å². The van der Waals surface area contributed by atoms with Crippen molar-refractivity contribution in [1.29, 1.82) is 0 Å². The van der Waals surface area contributed by atoms with E-state index in [4.69, 9.17) is 18.9 Å². The van der Waals surface area contributed by atoms with Crippen molar-refractivity contribution in [2.24, 2.45) is 0 Å². The molecule has 0 saturated heterocycles. The molecule has 0 aliphatic rings. The number of methoxy groups -OCH3 is 4. The number of hydrogen-bond acceptors (Lipinski definition) is 4. The molecular weight excluding hydrogens is 388 g/mol. The molecule has 0 fully saturated rings. The molecule has 4 nitrogen and oxygen atoms in total. The van der Waals surface area contributed by atoms with E-state index >= 15 is 0 Å². The predicted octanol–water partition coefficient (Wildman–Crippen LogP) is 7.26. The molecule has 0 heterocycles. The van der Waals surface area contributed by atoms with Crippen LogP contribution in [0.15, 0.2) is 36.4 Å². The maximum absolute atomic E-state index is 5.62. The van der Waals surface area contributed by atoms with E-state index in [1.165, 1.54) is 18.4 Å². The maximum Gasteiger partial charge on any atom is 0.161 e. The highest BCUT2D eigenvalue weighted by molar-refractivity contribution is 6.16. The maximum atomic E-state index is 5.62. The summed E-state index contributed by atoms with van der Waals surface area (Å²) in [5, 5.41) is 4.26. The Morgan fingerprint density at radius 1 is 0.742 bits per heavy atom. The number of benzene rings is 3. The van der Waals surface area contributed by atoms with Crippen LogP contribution in [0.2, 0.25) is 0 Å². The number of fused-ring (bicyclic) bond motifs is 3. The van der Waals surface area contributed by atoms with Crippen LogP contribution in [-0.4, -0.2) is 28.4 Å². The molecule has 0 unspecified atom stereocenters. The van der Waals surface area contributed by atoms with Crippen LogP contribution in [0, 0.1) is 0 Å². The molecule has 0 aliphatic heterocycles. The molecule has 0 bridgehead atoms. The first-order valence-electron chi connectivity index (χ1n) is 10.6. The van der Waals surface area contributed by atoms with Crippen molar-refractivity contribution in [1.82, 2.24) is 0 Å². The number of allylic oxidation sites excluding steroid dienone is 1. The third-order valence-corrected chi connectivity index (χ3v) is 5.73. The van der Waals surface area contributed by atoms with Gasteiger partial charge in [0, 0.05) is 0 Å². The zero-order chi connectivity index (χ0) is 22.5. The summed E-state index contributed by atoms with van der Waals surface area (Å²) in [7, 11) is 6.62. The Hall–Kier alpha value is -3.14. The molecule has 4 heteroatoms. The molecule has 0 saturated carbocycles. The van der Waals surface area contributed by atoms with Gasteiger partial charge in [0.1, 0.15) is 0 Å². The van der Waals surface area contributed by atoms with Gasteiger partial charge in [-0.3, -0.25) is 0 Å². The predicted molar refractivity (Wildman–Crippen MR) is 131 cm³/mol. The van der Waals surface area contributed by atoms with Crippen LogP contribution >= 0.6 is 0 Å². The minimum Gasteiger partial charge on any atom is -0.493 e. The van der Waals surface area contributed by atoms with E-state index in [0.29, 0.717) is 23.0 Å². The Morgan fingerprint density at radius 2 is 1.16 bits per heavy atom. The van der Waals surface area contributed by atoms with Crippen molar-refractivity contribution in [2.45, 2.75) is 33.1 Å². The lowest BCUT2D eigenvalue weighted by Gasteiger charge is -2.18. The summed E-state index contributed by atoms with van der Waals surface area (Å²) in [6.07, 6.45) is 7.59. The van der Waals surface area contributed by atoms with Gasteiger partial charge in [0.25, 0.3) is 0 Å². The second-order valence-corrected chi connectivity index (χ2v) is 7.63. The highest BCUT2D eigenvalue weighted by Gasteiger charge is 2.18. The first-order valence-corrected chi connectivity index (χ1v) is 10.6. The van der Waals surface area contributed by atoms with E-state index in [1.807, 2.05) is 24.3 Å². The summed E-state index contributed by atoms with van der Waals surface area (Å²) in [5.41, 5.74) is 3.52. The summed E-state index contributed by atoms with van der Waals surface area (Å²) in [4.78, 5) is 0. The van der Waals surface area contributed by atoms with Crippen molar-refractivity contribution in [2.75, 3.05) is 28.4 Å². The average molecular weight is 421 g/mol. The van der Waals surface area contributed by atoms with E-state index in [2.05, 4.69) is 32.6 Å². The second-order valence-electron chi connectivity index (χ2n) is 7.63. The summed E-state index contributed by atoms with van der Waals surface area (Å²) in [6.45, 7) is 8.54. The minimum atomic E-state index is 0.684. The fraction of sp³-hybridized carbons (Fsp3) is 0.333. The summed E-state index contributed by atoms with van der Waals surface area (Å²) in [5.74, 6) is 2.76. The summed E-state index contributed by atoms with van der Waals surface area (Å²) < 4.78 is 22.4. The van der Waals surface area contributed by atoms with Crippen molar-refractivity contribution in [3.63, 3.8) is 0 Å². The highest BCUT2D eigenvalue weighted by Crippen LogP contribution is 2.44. The normalized spacial score (nSPS) is 11.6. The summed E-state index contributed by atoms with van der Waals surface area (Å²) in [6, 6.07) is 8.14. The first kappa shape index (κ1) is 22.5. The van der Waals surface area contributed by atoms with Crippen molar-refractivity contribution in [3.05, 3.63) is 47.5 Å². The van der Waals surface area contributed by atoms with Gasteiger partial charge < -0.3 is 18.9 Å². The lowest BCUT2D eigenvalue weighted by Crippen LogP contribution is -1.97. The standard InChI is InChI=1S/C27H32O4/c1-8-10-11-17(3)12-19-18(9-2)20-13-24(28-4)26(30-6)15-22(20)23-16-27(31-7)25(29-5)14-21(19)23/h9,12-16H,2,8,10-11H2,1,3-7H3/b17-12+. The molecule has 0 atom stereocenters. The van der Waals surface area contributed by atoms with E-state index in [-0.39, 0.29) is 0 Å². The zero-order valence-electron chi connectivity index (χ0n) is 19.4. The molecule has 31 heavy (non-hydrogen) atoms. The Bertz CT molecular complexity index is 1140. The van der Waals surface area contributed by atoms with Gasteiger partial charge in [-0.25, -0.2) is 0 Å². The van der Waals surface area contributed by atoms with Crippen LogP contribution in [0.1, 0.15) is 44.2 Å². The van der Waals surface area contributed by atoms with Crippen molar-refractivity contribution >= 4 is 33.7 Å². The van der Waals surface area contributed by atoms with Gasteiger partial charge in [0.05, 0.1) is 28.4 Å². The van der Waals surface area contributed by atoms with Gasteiger partial charge in [-0.2, -0.15) is 0 Å². The molecule has 3 aromatic rings. The Labute approximate surface area is 185 Å². The Morgan fingerprint density at radius 3 is 1.55 bits per heavy atom. The largest absolute Gasteiger partial charge is 0.493 e. The topological polar surface area (TPSA) is 36.9 Å². The molecular formula is C27H32O4. The zero-order valence-corrected chi connectivity index (χ0v) is 19.4. The Balaban J connectivity index is 2.52. The highest BCUT2D eigenvalue weighted by atomic mass is 16.5. The van der Waals surface area contributed by atoms with Crippen molar-refractivity contribution in [3.8, 4) is 23.0 Å². The molecule has 0 spiro atoms. The van der Waals surface area contributed by atoms with Gasteiger partial charge in [0.2, 0.25) is 0 Å². The fourth-order valence-electron chi connectivity index (χ4n) is 4.09. The van der Waals surface area contributed by atoms with Gasteiger partial charge in [0.15, 0.2) is 23.0 Å². The van der Waals surface area contributed by atoms with Gasteiger partial charge in [-0.1, -0.05) is 37.6 Å². The smallest absolute Gasteiger partial charge is 0.161 e. The Kier molecular flexibility index (Phi) is 7.11. The van der Waals surface area contributed by atoms with E-state index < -0.39 is 0 Å². The molecule has 3 aromatic carbocycles. The SMILES string of the molecule is C=Cc1c(/C=C(\C)CCCC)c2cc(OC)c(OC)cc2c2cc(OC)c(OC)cc12. The fourth-order valence-corrected chi connectivity index (χ4v) is 4.09. The van der Waals surface area contributed by atoms with Crippen LogP contribution in [0.5, 0.6) is 23.0 Å².